The Balaban J connectivity index is 1.79. The van der Waals surface area contributed by atoms with Gasteiger partial charge in [-0.1, -0.05) is 43.5 Å². The molecule has 3 aromatic carbocycles. The Kier molecular flexibility index (Phi) is 8.63. The highest BCUT2D eigenvalue weighted by Crippen LogP contribution is 2.36. The topological polar surface area (TPSA) is 46.2 Å². The van der Waals surface area contributed by atoms with Crippen molar-refractivity contribution in [2.24, 2.45) is 0 Å². The minimum Gasteiger partial charge on any atom is -0.498 e. The molecule has 0 aliphatic rings. The third-order valence-corrected chi connectivity index (χ3v) is 4.73. The summed E-state index contributed by atoms with van der Waals surface area (Å²) in [5.41, 5.74) is 4.31. The van der Waals surface area contributed by atoms with E-state index in [9.17, 15) is 0 Å². The van der Waals surface area contributed by atoms with E-state index < -0.39 is 0 Å². The van der Waals surface area contributed by atoms with Gasteiger partial charge in [-0.3, -0.25) is 0 Å². The number of benzene rings is 3. The molecule has 0 atom stereocenters. The zero-order valence-electron chi connectivity index (χ0n) is 18.3. The molecule has 0 unspecified atom stereocenters. The van der Waals surface area contributed by atoms with Crippen molar-refractivity contribution in [3.63, 3.8) is 0 Å². The first-order chi connectivity index (χ1) is 15.7. The first-order valence-electron chi connectivity index (χ1n) is 10.3. The molecular weight excluding hydrogens is 404 g/mol. The Morgan fingerprint density at radius 1 is 0.594 bits per heavy atom. The second-order valence-corrected chi connectivity index (χ2v) is 6.73. The van der Waals surface area contributed by atoms with Crippen LogP contribution in [0.25, 0.3) is 22.3 Å². The Bertz CT molecular complexity index is 994. The Morgan fingerprint density at radius 3 is 1.53 bits per heavy atom. The lowest BCUT2D eigenvalue weighted by Crippen LogP contribution is -2.03. The molecule has 0 aliphatic carbocycles. The van der Waals surface area contributed by atoms with Crippen LogP contribution in [-0.2, 0) is 9.47 Å². The van der Waals surface area contributed by atoms with Crippen LogP contribution >= 0.6 is 0 Å². The van der Waals surface area contributed by atoms with Crippen molar-refractivity contribution in [2.45, 2.75) is 0 Å². The molecule has 32 heavy (non-hydrogen) atoms. The maximum absolute atomic E-state index is 5.69. The quantitative estimate of drug-likeness (QED) is 0.241. The SMILES string of the molecule is C=COCCOc1ccc(-c2ccc(OC)cc2-c2ccc(OCCOC=C)cc2)cc1. The van der Waals surface area contributed by atoms with Gasteiger partial charge in [0.2, 0.25) is 0 Å². The summed E-state index contributed by atoms with van der Waals surface area (Å²) < 4.78 is 27.0. The summed E-state index contributed by atoms with van der Waals surface area (Å²) in [6.07, 6.45) is 2.82. The maximum Gasteiger partial charge on any atom is 0.122 e. The third-order valence-electron chi connectivity index (χ3n) is 4.73. The molecule has 0 saturated carbocycles. The fourth-order valence-corrected chi connectivity index (χ4v) is 3.18. The predicted octanol–water partition coefficient (Wildman–Crippen LogP) is 6.11. The van der Waals surface area contributed by atoms with E-state index in [2.05, 4.69) is 19.2 Å². The smallest absolute Gasteiger partial charge is 0.122 e. The molecule has 0 saturated heterocycles. The van der Waals surface area contributed by atoms with Crippen molar-refractivity contribution in [2.75, 3.05) is 33.5 Å². The van der Waals surface area contributed by atoms with Crippen molar-refractivity contribution in [3.8, 4) is 39.5 Å². The summed E-state index contributed by atoms with van der Waals surface area (Å²) in [4.78, 5) is 0. The molecule has 0 heterocycles. The standard InChI is InChI=1S/C27H28O5/c1-4-29-16-18-31-23-10-6-21(7-11-23)26-15-14-25(28-3)20-27(26)22-8-12-24(13-9-22)32-19-17-30-5-2/h4-15,20H,1-2,16-19H2,3H3. The van der Waals surface area contributed by atoms with Gasteiger partial charge in [-0.25, -0.2) is 0 Å². The fourth-order valence-electron chi connectivity index (χ4n) is 3.18. The van der Waals surface area contributed by atoms with Crippen LogP contribution < -0.4 is 14.2 Å². The number of rotatable bonds is 13. The minimum absolute atomic E-state index is 0.462. The first-order valence-corrected chi connectivity index (χ1v) is 10.3. The van der Waals surface area contributed by atoms with Crippen LogP contribution in [0.2, 0.25) is 0 Å². The van der Waals surface area contributed by atoms with Crippen LogP contribution in [0.4, 0.5) is 0 Å². The van der Waals surface area contributed by atoms with Crippen molar-refractivity contribution >= 4 is 0 Å². The highest BCUT2D eigenvalue weighted by molar-refractivity contribution is 5.84. The molecule has 0 amide bonds. The van der Waals surface area contributed by atoms with Gasteiger partial charge in [-0.2, -0.15) is 0 Å². The second kappa shape index (κ2) is 12.1. The first kappa shape index (κ1) is 22.8. The molecule has 0 N–H and O–H groups in total. The summed E-state index contributed by atoms with van der Waals surface area (Å²) in [5, 5.41) is 0. The minimum atomic E-state index is 0.462. The van der Waals surface area contributed by atoms with E-state index in [4.69, 9.17) is 23.7 Å². The van der Waals surface area contributed by atoms with Crippen LogP contribution in [0.1, 0.15) is 0 Å². The van der Waals surface area contributed by atoms with Gasteiger partial charge in [-0.15, -0.1) is 0 Å². The van der Waals surface area contributed by atoms with E-state index >= 15 is 0 Å². The van der Waals surface area contributed by atoms with E-state index in [1.54, 1.807) is 7.11 Å². The number of methoxy groups -OCH3 is 1. The van der Waals surface area contributed by atoms with Crippen molar-refractivity contribution in [1.82, 2.24) is 0 Å². The van der Waals surface area contributed by atoms with E-state index in [1.807, 2.05) is 60.7 Å². The average Bonchev–Trinajstić information content (AvgIpc) is 2.85. The molecule has 3 rings (SSSR count). The summed E-state index contributed by atoms with van der Waals surface area (Å²) >= 11 is 0. The van der Waals surface area contributed by atoms with Gasteiger partial charge >= 0.3 is 0 Å². The Morgan fingerprint density at radius 2 is 1.06 bits per heavy atom. The molecule has 5 nitrogen and oxygen atoms in total. The van der Waals surface area contributed by atoms with Gasteiger partial charge in [0, 0.05) is 0 Å². The van der Waals surface area contributed by atoms with E-state index in [0.29, 0.717) is 26.4 Å². The van der Waals surface area contributed by atoms with Crippen LogP contribution in [-0.4, -0.2) is 33.5 Å². The number of hydrogen-bond donors (Lipinski definition) is 0. The monoisotopic (exact) mass is 432 g/mol. The molecule has 0 aromatic heterocycles. The number of ether oxygens (including phenoxy) is 5. The molecule has 3 aromatic rings. The van der Waals surface area contributed by atoms with Gasteiger partial charge in [0.05, 0.1) is 19.6 Å². The largest absolute Gasteiger partial charge is 0.498 e. The van der Waals surface area contributed by atoms with Gasteiger partial charge in [0.1, 0.15) is 43.7 Å². The fraction of sp³-hybridized carbons (Fsp3) is 0.185. The lowest BCUT2D eigenvalue weighted by molar-refractivity contribution is 0.179. The molecule has 0 fully saturated rings. The highest BCUT2D eigenvalue weighted by atomic mass is 16.5. The van der Waals surface area contributed by atoms with Crippen molar-refractivity contribution < 1.29 is 23.7 Å². The molecule has 0 spiro atoms. The van der Waals surface area contributed by atoms with Crippen molar-refractivity contribution in [1.29, 1.82) is 0 Å². The normalized spacial score (nSPS) is 10.2. The molecule has 5 heteroatoms. The summed E-state index contributed by atoms with van der Waals surface area (Å²) in [5.74, 6) is 2.37. The summed E-state index contributed by atoms with van der Waals surface area (Å²) in [7, 11) is 1.67. The van der Waals surface area contributed by atoms with Gasteiger partial charge in [-0.05, 0) is 58.7 Å². The van der Waals surface area contributed by atoms with Crippen molar-refractivity contribution in [3.05, 3.63) is 92.4 Å². The molecule has 0 bridgehead atoms. The van der Waals surface area contributed by atoms with Crippen LogP contribution in [0.3, 0.4) is 0 Å². The maximum atomic E-state index is 5.69. The molecule has 0 aliphatic heterocycles. The molecule has 0 radical (unpaired) electrons. The summed E-state index contributed by atoms with van der Waals surface area (Å²) in [6, 6.07) is 22.1. The van der Waals surface area contributed by atoms with Crippen LogP contribution in [0, 0.1) is 0 Å². The average molecular weight is 433 g/mol. The lowest BCUT2D eigenvalue weighted by Gasteiger charge is -2.14. The second-order valence-electron chi connectivity index (χ2n) is 6.73. The summed E-state index contributed by atoms with van der Waals surface area (Å²) in [6.45, 7) is 8.90. The van der Waals surface area contributed by atoms with Gasteiger partial charge < -0.3 is 23.7 Å². The lowest BCUT2D eigenvalue weighted by atomic mass is 9.94. The zero-order valence-corrected chi connectivity index (χ0v) is 18.3. The van der Waals surface area contributed by atoms with Gasteiger partial charge in [0.25, 0.3) is 0 Å². The Labute approximate surface area is 189 Å². The third kappa shape index (κ3) is 6.32. The van der Waals surface area contributed by atoms with Crippen LogP contribution in [0.5, 0.6) is 17.2 Å². The number of hydrogen-bond acceptors (Lipinski definition) is 5. The predicted molar refractivity (Wildman–Crippen MR) is 127 cm³/mol. The van der Waals surface area contributed by atoms with E-state index in [1.165, 1.54) is 12.5 Å². The molecule has 166 valence electrons. The van der Waals surface area contributed by atoms with E-state index in [0.717, 1.165) is 39.5 Å². The van der Waals surface area contributed by atoms with Crippen LogP contribution in [0.15, 0.2) is 92.4 Å². The Hall–Kier alpha value is -3.86. The van der Waals surface area contributed by atoms with E-state index in [-0.39, 0.29) is 0 Å². The highest BCUT2D eigenvalue weighted by Gasteiger charge is 2.10. The molecular formula is C27H28O5. The zero-order chi connectivity index (χ0) is 22.6. The van der Waals surface area contributed by atoms with Gasteiger partial charge in [0.15, 0.2) is 0 Å².